The maximum Gasteiger partial charge on any atom is 0.311 e. The fraction of sp³-hybridized carbons (Fsp3) is 0.400. The molecule has 1 aromatic heterocycles. The molecule has 0 aromatic carbocycles. The summed E-state index contributed by atoms with van der Waals surface area (Å²) in [5, 5.41) is 13.8. The third-order valence-corrected chi connectivity index (χ3v) is 2.79. The van der Waals surface area contributed by atoms with Crippen LogP contribution in [0.3, 0.4) is 0 Å². The second-order valence-electron chi connectivity index (χ2n) is 3.86. The number of amides is 1. The van der Waals surface area contributed by atoms with Crippen molar-refractivity contribution in [1.29, 1.82) is 0 Å². The average molecular weight is 271 g/mol. The molecule has 1 aromatic rings. The molecule has 1 amide bonds. The highest BCUT2D eigenvalue weighted by Crippen LogP contribution is 2.27. The first kappa shape index (κ1) is 12.6. The van der Waals surface area contributed by atoms with Crippen LogP contribution in [0.25, 0.3) is 0 Å². The van der Waals surface area contributed by atoms with E-state index in [0.717, 1.165) is 0 Å². The molecule has 1 aliphatic heterocycles. The third kappa shape index (κ3) is 2.67. The van der Waals surface area contributed by atoms with Crippen LogP contribution in [0.5, 0.6) is 0 Å². The Balaban J connectivity index is 2.38. The molecule has 96 valence electrons. The number of carbonyl (C=O) groups is 1. The Kier molecular flexibility index (Phi) is 3.61. The van der Waals surface area contributed by atoms with Crippen molar-refractivity contribution in [2.45, 2.75) is 6.42 Å². The van der Waals surface area contributed by atoms with Gasteiger partial charge in [0.15, 0.2) is 0 Å². The molecule has 0 bridgehead atoms. The number of rotatable bonds is 2. The molecule has 18 heavy (non-hydrogen) atoms. The van der Waals surface area contributed by atoms with Gasteiger partial charge in [-0.3, -0.25) is 14.9 Å². The fourth-order valence-electron chi connectivity index (χ4n) is 1.78. The van der Waals surface area contributed by atoms with Crippen molar-refractivity contribution in [3.8, 4) is 0 Å². The number of nitrogens with one attached hydrogen (secondary N) is 1. The summed E-state index contributed by atoms with van der Waals surface area (Å²) >= 11 is 5.76. The van der Waals surface area contributed by atoms with Crippen LogP contribution >= 0.6 is 11.6 Å². The molecule has 0 saturated carbocycles. The van der Waals surface area contributed by atoms with Gasteiger partial charge in [0.25, 0.3) is 0 Å². The van der Waals surface area contributed by atoms with Crippen molar-refractivity contribution < 1.29 is 9.72 Å². The Morgan fingerprint density at radius 3 is 3.00 bits per heavy atom. The molecule has 1 N–H and O–H groups in total. The fourth-order valence-corrected chi connectivity index (χ4v) is 1.92. The van der Waals surface area contributed by atoms with Crippen LogP contribution < -0.4 is 10.2 Å². The number of hydrogen-bond donors (Lipinski definition) is 1. The molecule has 0 spiro atoms. The smallest absolute Gasteiger partial charge is 0.311 e. The van der Waals surface area contributed by atoms with E-state index in [1.165, 1.54) is 12.1 Å². The molecule has 8 heteroatoms. The van der Waals surface area contributed by atoms with Gasteiger partial charge in [-0.05, 0) is 12.5 Å². The summed E-state index contributed by atoms with van der Waals surface area (Å²) in [6.07, 6.45) is 0.705. The van der Waals surface area contributed by atoms with Crippen LogP contribution in [0.2, 0.25) is 5.15 Å². The van der Waals surface area contributed by atoms with Crippen molar-refractivity contribution in [3.63, 3.8) is 0 Å². The number of pyridine rings is 1. The Hall–Kier alpha value is -1.89. The van der Waals surface area contributed by atoms with Crippen molar-refractivity contribution in [1.82, 2.24) is 10.3 Å². The first-order chi connectivity index (χ1) is 8.58. The molecule has 2 rings (SSSR count). The van der Waals surface area contributed by atoms with Gasteiger partial charge in [0.05, 0.1) is 11.5 Å². The maximum absolute atomic E-state index is 11.4. The van der Waals surface area contributed by atoms with E-state index in [9.17, 15) is 14.9 Å². The predicted octanol–water partition coefficient (Wildman–Crippen LogP) is 0.969. The highest BCUT2D eigenvalue weighted by Gasteiger charge is 2.24. The Morgan fingerprint density at radius 2 is 2.28 bits per heavy atom. The maximum atomic E-state index is 11.4. The van der Waals surface area contributed by atoms with Gasteiger partial charge >= 0.3 is 5.69 Å². The predicted molar refractivity (Wildman–Crippen MR) is 65.7 cm³/mol. The molecule has 0 unspecified atom stereocenters. The van der Waals surface area contributed by atoms with Gasteiger partial charge in [0, 0.05) is 19.2 Å². The van der Waals surface area contributed by atoms with E-state index < -0.39 is 4.92 Å². The SMILES string of the molecule is O=C1CN(c2nc(Cl)ccc2[N+](=O)[O-])CCCN1. The molecule has 0 aliphatic carbocycles. The number of hydrogen-bond acceptors (Lipinski definition) is 5. The third-order valence-electron chi connectivity index (χ3n) is 2.58. The van der Waals surface area contributed by atoms with Gasteiger partial charge in [0.1, 0.15) is 5.15 Å². The minimum atomic E-state index is -0.526. The zero-order valence-electron chi connectivity index (χ0n) is 9.43. The zero-order chi connectivity index (χ0) is 13.1. The first-order valence-corrected chi connectivity index (χ1v) is 5.78. The minimum Gasteiger partial charge on any atom is -0.354 e. The lowest BCUT2D eigenvalue weighted by atomic mass is 10.3. The monoisotopic (exact) mass is 270 g/mol. The average Bonchev–Trinajstić information content (AvgIpc) is 2.53. The summed E-state index contributed by atoms with van der Waals surface area (Å²) in [5.41, 5.74) is -0.144. The Labute approximate surface area is 108 Å². The lowest BCUT2D eigenvalue weighted by Gasteiger charge is -2.19. The molecule has 2 heterocycles. The standard InChI is InChI=1S/C10H11ClN4O3/c11-8-3-2-7(15(17)18)10(13-8)14-5-1-4-12-9(16)6-14/h2-3H,1,4-6H2,(H,12,16). The van der Waals surface area contributed by atoms with E-state index >= 15 is 0 Å². The van der Waals surface area contributed by atoms with Crippen molar-refractivity contribution in [2.24, 2.45) is 0 Å². The second kappa shape index (κ2) is 5.18. The van der Waals surface area contributed by atoms with Gasteiger partial charge in [-0.15, -0.1) is 0 Å². The lowest BCUT2D eigenvalue weighted by molar-refractivity contribution is -0.384. The number of anilines is 1. The highest BCUT2D eigenvalue weighted by atomic mass is 35.5. The van der Waals surface area contributed by atoms with Crippen LogP contribution in [-0.2, 0) is 4.79 Å². The molecule has 1 fully saturated rings. The topological polar surface area (TPSA) is 88.4 Å². The summed E-state index contributed by atoms with van der Waals surface area (Å²) in [6.45, 7) is 1.13. The molecule has 1 aliphatic rings. The highest BCUT2D eigenvalue weighted by molar-refractivity contribution is 6.29. The molecule has 7 nitrogen and oxygen atoms in total. The number of halogens is 1. The molecule has 0 atom stereocenters. The van der Waals surface area contributed by atoms with Crippen LogP contribution in [0, 0.1) is 10.1 Å². The van der Waals surface area contributed by atoms with E-state index in [-0.39, 0.29) is 29.1 Å². The van der Waals surface area contributed by atoms with E-state index in [2.05, 4.69) is 10.3 Å². The molecule has 1 saturated heterocycles. The second-order valence-corrected chi connectivity index (χ2v) is 4.25. The summed E-state index contributed by atoms with van der Waals surface area (Å²) in [7, 11) is 0. The van der Waals surface area contributed by atoms with Crippen LogP contribution in [-0.4, -0.2) is 35.4 Å². The summed E-state index contributed by atoms with van der Waals surface area (Å²) in [5.74, 6) is -0.0341. The number of aromatic nitrogens is 1. The number of carbonyl (C=O) groups excluding carboxylic acids is 1. The quantitative estimate of drug-likeness (QED) is 0.491. The van der Waals surface area contributed by atoms with Crippen molar-refractivity contribution in [2.75, 3.05) is 24.5 Å². The molecule has 0 radical (unpaired) electrons. The van der Waals surface area contributed by atoms with Crippen molar-refractivity contribution >= 4 is 29.0 Å². The zero-order valence-corrected chi connectivity index (χ0v) is 10.2. The van der Waals surface area contributed by atoms with E-state index in [0.29, 0.717) is 19.5 Å². The molecular formula is C10H11ClN4O3. The lowest BCUT2D eigenvalue weighted by Crippen LogP contribution is -2.33. The van der Waals surface area contributed by atoms with Gasteiger partial charge in [-0.1, -0.05) is 11.6 Å². The number of nitrogens with zero attached hydrogens (tertiary/aromatic N) is 3. The van der Waals surface area contributed by atoms with Crippen molar-refractivity contribution in [3.05, 3.63) is 27.4 Å². The van der Waals surface area contributed by atoms with E-state index in [4.69, 9.17) is 11.6 Å². The van der Waals surface area contributed by atoms with Gasteiger partial charge in [-0.2, -0.15) is 0 Å². The number of nitro groups is 1. The largest absolute Gasteiger partial charge is 0.354 e. The Bertz CT molecular complexity index is 494. The van der Waals surface area contributed by atoms with Gasteiger partial charge in [0.2, 0.25) is 11.7 Å². The Morgan fingerprint density at radius 1 is 1.50 bits per heavy atom. The summed E-state index contributed by atoms with van der Waals surface area (Å²) < 4.78 is 0. The first-order valence-electron chi connectivity index (χ1n) is 5.40. The summed E-state index contributed by atoms with van der Waals surface area (Å²) in [6, 6.07) is 2.66. The van der Waals surface area contributed by atoms with Gasteiger partial charge in [-0.25, -0.2) is 4.98 Å². The van der Waals surface area contributed by atoms with E-state index in [1.807, 2.05) is 0 Å². The van der Waals surface area contributed by atoms with Crippen LogP contribution in [0.4, 0.5) is 11.5 Å². The van der Waals surface area contributed by atoms with Crippen LogP contribution in [0.15, 0.2) is 12.1 Å². The van der Waals surface area contributed by atoms with Crippen LogP contribution in [0.1, 0.15) is 6.42 Å². The van der Waals surface area contributed by atoms with E-state index in [1.54, 1.807) is 4.90 Å². The minimum absolute atomic E-state index is 0.0498. The summed E-state index contributed by atoms with van der Waals surface area (Å²) in [4.78, 5) is 27.4. The van der Waals surface area contributed by atoms with Gasteiger partial charge < -0.3 is 10.2 Å². The molecular weight excluding hydrogens is 260 g/mol. The normalized spacial score (nSPS) is 16.1.